The zero-order valence-electron chi connectivity index (χ0n) is 16.2. The Hall–Kier alpha value is -2.16. The van der Waals surface area contributed by atoms with Crippen molar-refractivity contribution in [2.24, 2.45) is 4.99 Å². The number of nitrogens with zero attached hydrogens (tertiary/aromatic N) is 3. The Balaban J connectivity index is 1.96. The predicted molar refractivity (Wildman–Crippen MR) is 98.6 cm³/mol. The van der Waals surface area contributed by atoms with Gasteiger partial charge in [-0.2, -0.15) is 13.2 Å². The van der Waals surface area contributed by atoms with Gasteiger partial charge in [-0.15, -0.1) is 0 Å². The van der Waals surface area contributed by atoms with E-state index >= 15 is 0 Å². The van der Waals surface area contributed by atoms with Crippen molar-refractivity contribution in [1.29, 1.82) is 0 Å². The average molecular weight is 388 g/mol. The molecular formula is C18H27F3N4O2. The summed E-state index contributed by atoms with van der Waals surface area (Å²) in [6, 6.07) is 3.96. The van der Waals surface area contributed by atoms with Gasteiger partial charge in [-0.05, 0) is 36.7 Å². The van der Waals surface area contributed by atoms with Gasteiger partial charge >= 0.3 is 6.18 Å². The van der Waals surface area contributed by atoms with Crippen molar-refractivity contribution in [3.8, 4) is 11.5 Å². The molecule has 6 nitrogen and oxygen atoms in total. The zero-order valence-corrected chi connectivity index (χ0v) is 16.2. The maximum absolute atomic E-state index is 12.4. The number of methoxy groups -OCH3 is 2. The highest BCUT2D eigenvalue weighted by Gasteiger charge is 2.29. The lowest BCUT2D eigenvalue weighted by Gasteiger charge is -2.32. The molecular weight excluding hydrogens is 361 g/mol. The van der Waals surface area contributed by atoms with Gasteiger partial charge in [-0.1, -0.05) is 0 Å². The third kappa shape index (κ3) is 5.92. The summed E-state index contributed by atoms with van der Waals surface area (Å²) in [5, 5.41) is 3.15. The van der Waals surface area contributed by atoms with E-state index in [0.29, 0.717) is 30.5 Å². The van der Waals surface area contributed by atoms with E-state index < -0.39 is 12.7 Å². The number of hydrogen-bond donors (Lipinski definition) is 1. The SMILES string of the molecule is CN=C(NCCN(C)CC(F)(F)F)N1CCc2cc(OC)c(OC)cc2C1. The van der Waals surface area contributed by atoms with Crippen molar-refractivity contribution in [3.05, 3.63) is 23.3 Å². The van der Waals surface area contributed by atoms with E-state index in [4.69, 9.17) is 9.47 Å². The van der Waals surface area contributed by atoms with Crippen LogP contribution in [0.5, 0.6) is 11.5 Å². The summed E-state index contributed by atoms with van der Waals surface area (Å²) in [5.74, 6) is 2.06. The first-order valence-electron chi connectivity index (χ1n) is 8.72. The summed E-state index contributed by atoms with van der Waals surface area (Å²) in [5.41, 5.74) is 2.32. The van der Waals surface area contributed by atoms with E-state index in [9.17, 15) is 13.2 Å². The molecule has 0 aromatic heterocycles. The van der Waals surface area contributed by atoms with Crippen molar-refractivity contribution in [2.75, 3.05) is 54.5 Å². The molecule has 0 unspecified atom stereocenters. The lowest BCUT2D eigenvalue weighted by molar-refractivity contribution is -0.142. The molecule has 9 heteroatoms. The number of alkyl halides is 3. The molecule has 0 saturated heterocycles. The second-order valence-electron chi connectivity index (χ2n) is 6.47. The van der Waals surface area contributed by atoms with E-state index in [2.05, 4.69) is 15.2 Å². The molecule has 1 aliphatic rings. The van der Waals surface area contributed by atoms with E-state index in [1.54, 1.807) is 21.3 Å². The number of rotatable bonds is 6. The van der Waals surface area contributed by atoms with Gasteiger partial charge in [-0.25, -0.2) is 0 Å². The van der Waals surface area contributed by atoms with Crippen molar-refractivity contribution >= 4 is 5.96 Å². The Morgan fingerprint density at radius 3 is 2.41 bits per heavy atom. The molecule has 1 aliphatic heterocycles. The van der Waals surface area contributed by atoms with Gasteiger partial charge in [-0.3, -0.25) is 9.89 Å². The number of benzene rings is 1. The molecule has 0 bridgehead atoms. The highest BCUT2D eigenvalue weighted by atomic mass is 19.4. The number of fused-ring (bicyclic) bond motifs is 1. The van der Waals surface area contributed by atoms with E-state index in [-0.39, 0.29) is 6.54 Å². The van der Waals surface area contributed by atoms with Crippen LogP contribution in [-0.2, 0) is 13.0 Å². The maximum atomic E-state index is 12.4. The van der Waals surface area contributed by atoms with Crippen LogP contribution in [0.15, 0.2) is 17.1 Å². The van der Waals surface area contributed by atoms with Crippen LogP contribution in [0.2, 0.25) is 0 Å². The fourth-order valence-corrected chi connectivity index (χ4v) is 3.14. The lowest BCUT2D eigenvalue weighted by atomic mass is 9.99. The maximum Gasteiger partial charge on any atom is 0.401 e. The number of nitrogens with one attached hydrogen (secondary N) is 1. The smallest absolute Gasteiger partial charge is 0.401 e. The van der Waals surface area contributed by atoms with Gasteiger partial charge < -0.3 is 19.7 Å². The van der Waals surface area contributed by atoms with Crippen LogP contribution in [0.1, 0.15) is 11.1 Å². The average Bonchev–Trinajstić information content (AvgIpc) is 2.62. The van der Waals surface area contributed by atoms with Gasteiger partial charge in [0.2, 0.25) is 0 Å². The molecule has 0 saturated carbocycles. The highest BCUT2D eigenvalue weighted by Crippen LogP contribution is 2.33. The molecule has 1 aromatic rings. The van der Waals surface area contributed by atoms with Crippen LogP contribution >= 0.6 is 0 Å². The third-order valence-electron chi connectivity index (χ3n) is 4.46. The lowest BCUT2D eigenvalue weighted by Crippen LogP contribution is -2.46. The molecule has 27 heavy (non-hydrogen) atoms. The molecule has 152 valence electrons. The van der Waals surface area contributed by atoms with Crippen LogP contribution in [0.25, 0.3) is 0 Å². The predicted octanol–water partition coefficient (Wildman–Crippen LogP) is 2.13. The van der Waals surface area contributed by atoms with Gasteiger partial charge in [0.05, 0.1) is 20.8 Å². The molecule has 1 aromatic carbocycles. The summed E-state index contributed by atoms with van der Waals surface area (Å²) in [7, 11) is 6.34. The number of guanidine groups is 1. The summed E-state index contributed by atoms with van der Waals surface area (Å²) < 4.78 is 47.9. The molecule has 0 atom stereocenters. The van der Waals surface area contributed by atoms with Crippen LogP contribution < -0.4 is 14.8 Å². The van der Waals surface area contributed by atoms with Crippen molar-refractivity contribution in [1.82, 2.24) is 15.1 Å². The Morgan fingerprint density at radius 2 is 1.85 bits per heavy atom. The highest BCUT2D eigenvalue weighted by molar-refractivity contribution is 5.80. The van der Waals surface area contributed by atoms with Crippen LogP contribution in [0, 0.1) is 0 Å². The minimum absolute atomic E-state index is 0.272. The second-order valence-corrected chi connectivity index (χ2v) is 6.47. The second kappa shape index (κ2) is 9.16. The first-order valence-corrected chi connectivity index (χ1v) is 8.72. The summed E-state index contributed by atoms with van der Waals surface area (Å²) in [4.78, 5) is 7.59. The van der Waals surface area contributed by atoms with Crippen molar-refractivity contribution in [2.45, 2.75) is 19.1 Å². The summed E-state index contributed by atoms with van der Waals surface area (Å²) in [6.07, 6.45) is -3.36. The Kier molecular flexibility index (Phi) is 7.18. The fraction of sp³-hybridized carbons (Fsp3) is 0.611. The molecule has 0 radical (unpaired) electrons. The quantitative estimate of drug-likeness (QED) is 0.598. The van der Waals surface area contributed by atoms with E-state index in [1.807, 2.05) is 12.1 Å². The van der Waals surface area contributed by atoms with Gasteiger partial charge in [0, 0.05) is 33.2 Å². The van der Waals surface area contributed by atoms with Crippen LogP contribution in [-0.4, -0.2) is 76.4 Å². The first kappa shape index (κ1) is 21.1. The monoisotopic (exact) mass is 388 g/mol. The Bertz CT molecular complexity index is 665. The van der Waals surface area contributed by atoms with Gasteiger partial charge in [0.25, 0.3) is 0 Å². The van der Waals surface area contributed by atoms with Gasteiger partial charge in [0.15, 0.2) is 17.5 Å². The first-order chi connectivity index (χ1) is 12.8. The zero-order chi connectivity index (χ0) is 20.0. The molecule has 0 aliphatic carbocycles. The molecule has 0 amide bonds. The fourth-order valence-electron chi connectivity index (χ4n) is 3.14. The van der Waals surface area contributed by atoms with Gasteiger partial charge in [0.1, 0.15) is 0 Å². The number of ether oxygens (including phenoxy) is 2. The number of halogens is 3. The van der Waals surface area contributed by atoms with Crippen LogP contribution in [0.4, 0.5) is 13.2 Å². The third-order valence-corrected chi connectivity index (χ3v) is 4.46. The topological polar surface area (TPSA) is 49.3 Å². The van der Waals surface area contributed by atoms with Crippen molar-refractivity contribution < 1.29 is 22.6 Å². The van der Waals surface area contributed by atoms with Crippen molar-refractivity contribution in [3.63, 3.8) is 0 Å². The minimum atomic E-state index is -4.19. The van der Waals surface area contributed by atoms with E-state index in [1.165, 1.54) is 17.5 Å². The molecule has 0 fully saturated rings. The molecule has 1 heterocycles. The number of aliphatic imine (C=N–C) groups is 1. The largest absolute Gasteiger partial charge is 0.493 e. The standard InChI is InChI=1S/C18H27F3N4O2/c1-22-17(23-6-8-24(2)12-18(19,20)21)25-7-5-13-9-15(26-3)16(27-4)10-14(13)11-25/h9-10H,5-8,11-12H2,1-4H3,(H,22,23). The summed E-state index contributed by atoms with van der Waals surface area (Å²) in [6.45, 7) is 1.14. The number of hydrogen-bond acceptors (Lipinski definition) is 4. The molecule has 0 spiro atoms. The number of likely N-dealkylation sites (N-methyl/N-ethyl adjacent to an activating group) is 1. The Morgan fingerprint density at radius 1 is 1.22 bits per heavy atom. The molecule has 2 rings (SSSR count). The Labute approximate surface area is 157 Å². The normalized spacial score (nSPS) is 15.0. The summed E-state index contributed by atoms with van der Waals surface area (Å²) >= 11 is 0. The molecule has 1 N–H and O–H groups in total. The van der Waals surface area contributed by atoms with Crippen LogP contribution in [0.3, 0.4) is 0 Å². The minimum Gasteiger partial charge on any atom is -0.493 e. The van der Waals surface area contributed by atoms with E-state index in [0.717, 1.165) is 18.5 Å².